The van der Waals surface area contributed by atoms with Crippen LogP contribution in [-0.2, 0) is 11.3 Å². The molecule has 0 spiro atoms. The number of anilines is 1. The molecule has 0 aliphatic rings. The fraction of sp³-hybridized carbons (Fsp3) is 0.235. The summed E-state index contributed by atoms with van der Waals surface area (Å²) in [5, 5.41) is 11.7. The van der Waals surface area contributed by atoms with Crippen LogP contribution in [0.3, 0.4) is 0 Å². The summed E-state index contributed by atoms with van der Waals surface area (Å²) in [7, 11) is 0. The maximum Gasteiger partial charge on any atom is 0.237 e. The van der Waals surface area contributed by atoms with Crippen molar-refractivity contribution >= 4 is 35.0 Å². The van der Waals surface area contributed by atoms with Gasteiger partial charge in [0.25, 0.3) is 0 Å². The Labute approximate surface area is 154 Å². The van der Waals surface area contributed by atoms with Gasteiger partial charge in [0.15, 0.2) is 5.16 Å². The van der Waals surface area contributed by atoms with Crippen LogP contribution in [0.1, 0.15) is 18.2 Å². The lowest BCUT2D eigenvalue weighted by Gasteiger charge is -2.14. The third kappa shape index (κ3) is 4.24. The molecule has 3 rings (SSSR count). The van der Waals surface area contributed by atoms with Gasteiger partial charge in [-0.3, -0.25) is 4.79 Å². The Balaban J connectivity index is 1.67. The van der Waals surface area contributed by atoms with Crippen LogP contribution >= 0.6 is 23.4 Å². The van der Waals surface area contributed by atoms with E-state index in [4.69, 9.17) is 16.0 Å². The quantitative estimate of drug-likeness (QED) is 0.658. The summed E-state index contributed by atoms with van der Waals surface area (Å²) in [6.07, 6.45) is 3.24. The number of aryl methyl sites for hydroxylation is 1. The third-order valence-electron chi connectivity index (χ3n) is 3.61. The van der Waals surface area contributed by atoms with Crippen LogP contribution in [0.25, 0.3) is 0 Å². The number of hydrogen-bond donors (Lipinski definition) is 1. The van der Waals surface area contributed by atoms with Crippen LogP contribution in [0, 0.1) is 6.92 Å². The van der Waals surface area contributed by atoms with Crippen LogP contribution in [0.2, 0.25) is 5.02 Å². The number of nitrogens with zero attached hydrogens (tertiary/aromatic N) is 3. The number of rotatable bonds is 6. The number of carbonyl (C=O) groups excluding carboxylic acids is 1. The van der Waals surface area contributed by atoms with Gasteiger partial charge < -0.3 is 14.3 Å². The van der Waals surface area contributed by atoms with Gasteiger partial charge in [0, 0.05) is 0 Å². The fourth-order valence-electron chi connectivity index (χ4n) is 2.24. The predicted octanol–water partition coefficient (Wildman–Crippen LogP) is 4.00. The Hall–Kier alpha value is -2.25. The lowest BCUT2D eigenvalue weighted by atomic mass is 10.2. The van der Waals surface area contributed by atoms with Crippen molar-refractivity contribution in [3.8, 4) is 0 Å². The zero-order valence-corrected chi connectivity index (χ0v) is 15.3. The number of para-hydroxylation sites is 1. The van der Waals surface area contributed by atoms with Crippen molar-refractivity contribution in [1.82, 2.24) is 14.8 Å². The van der Waals surface area contributed by atoms with Crippen LogP contribution in [0.4, 0.5) is 5.69 Å². The minimum absolute atomic E-state index is 0.145. The maximum atomic E-state index is 12.5. The molecule has 0 radical (unpaired) electrons. The minimum Gasteiger partial charge on any atom is -0.467 e. The molecule has 2 aromatic heterocycles. The maximum absolute atomic E-state index is 12.5. The van der Waals surface area contributed by atoms with Crippen molar-refractivity contribution in [3.63, 3.8) is 0 Å². The SMILES string of the molecule is Cc1cccc(Cl)c1NC(=O)C(C)Sc1nncn1Cc1ccco1. The Kier molecular flexibility index (Phi) is 5.45. The van der Waals surface area contributed by atoms with Gasteiger partial charge in [-0.2, -0.15) is 0 Å². The zero-order valence-electron chi connectivity index (χ0n) is 13.8. The van der Waals surface area contributed by atoms with Gasteiger partial charge in [-0.25, -0.2) is 0 Å². The average molecular weight is 377 g/mol. The highest BCUT2D eigenvalue weighted by molar-refractivity contribution is 8.00. The minimum atomic E-state index is -0.366. The van der Waals surface area contributed by atoms with E-state index in [0.717, 1.165) is 11.3 Å². The second-order valence-corrected chi connectivity index (χ2v) is 7.22. The molecule has 0 aliphatic carbocycles. The molecular formula is C17H17ClN4O2S. The Morgan fingerprint density at radius 3 is 2.96 bits per heavy atom. The van der Waals surface area contributed by atoms with Crippen LogP contribution in [0.15, 0.2) is 52.5 Å². The Morgan fingerprint density at radius 1 is 1.40 bits per heavy atom. The molecule has 1 amide bonds. The van der Waals surface area contributed by atoms with Crippen LogP contribution in [-0.4, -0.2) is 25.9 Å². The van der Waals surface area contributed by atoms with Crippen molar-refractivity contribution in [1.29, 1.82) is 0 Å². The van der Waals surface area contributed by atoms with E-state index < -0.39 is 0 Å². The van der Waals surface area contributed by atoms with E-state index in [1.165, 1.54) is 11.8 Å². The molecule has 130 valence electrons. The highest BCUT2D eigenvalue weighted by Crippen LogP contribution is 2.28. The van der Waals surface area contributed by atoms with Gasteiger partial charge in [0.05, 0.1) is 28.8 Å². The largest absolute Gasteiger partial charge is 0.467 e. The van der Waals surface area contributed by atoms with Gasteiger partial charge in [0.2, 0.25) is 5.91 Å². The standard InChI is InChI=1S/C17H17ClN4O2S/c1-11-5-3-7-14(18)15(11)20-16(23)12(2)25-17-21-19-10-22(17)9-13-6-4-8-24-13/h3-8,10,12H,9H2,1-2H3,(H,20,23). The number of hydrogen-bond acceptors (Lipinski definition) is 5. The van der Waals surface area contributed by atoms with Crippen molar-refractivity contribution in [2.75, 3.05) is 5.32 Å². The normalized spacial score (nSPS) is 12.1. The number of halogens is 1. The first-order chi connectivity index (χ1) is 12.0. The lowest BCUT2D eigenvalue weighted by molar-refractivity contribution is -0.115. The van der Waals surface area contributed by atoms with Gasteiger partial charge in [-0.1, -0.05) is 35.5 Å². The Morgan fingerprint density at radius 2 is 2.24 bits per heavy atom. The lowest BCUT2D eigenvalue weighted by Crippen LogP contribution is -2.23. The average Bonchev–Trinajstić information content (AvgIpc) is 3.24. The predicted molar refractivity (Wildman–Crippen MR) is 98.0 cm³/mol. The molecule has 1 N–H and O–H groups in total. The van der Waals surface area contributed by atoms with E-state index in [2.05, 4.69) is 15.5 Å². The van der Waals surface area contributed by atoms with Crippen molar-refractivity contribution in [2.24, 2.45) is 0 Å². The fourth-order valence-corrected chi connectivity index (χ4v) is 3.33. The molecule has 6 nitrogen and oxygen atoms in total. The highest BCUT2D eigenvalue weighted by Gasteiger charge is 2.19. The zero-order chi connectivity index (χ0) is 17.8. The summed E-state index contributed by atoms with van der Waals surface area (Å²) in [4.78, 5) is 12.5. The second-order valence-electron chi connectivity index (χ2n) is 5.50. The Bertz CT molecular complexity index is 843. The monoisotopic (exact) mass is 376 g/mol. The molecule has 25 heavy (non-hydrogen) atoms. The molecule has 0 fully saturated rings. The topological polar surface area (TPSA) is 73.0 Å². The summed E-state index contributed by atoms with van der Waals surface area (Å²) < 4.78 is 7.18. The van der Waals surface area contributed by atoms with E-state index in [9.17, 15) is 4.79 Å². The smallest absolute Gasteiger partial charge is 0.237 e. The molecule has 8 heteroatoms. The number of aromatic nitrogens is 3. The molecule has 0 aliphatic heterocycles. The van der Waals surface area contributed by atoms with Crippen molar-refractivity contribution in [2.45, 2.75) is 30.8 Å². The molecular weight excluding hydrogens is 360 g/mol. The number of thioether (sulfide) groups is 1. The highest BCUT2D eigenvalue weighted by atomic mass is 35.5. The first-order valence-electron chi connectivity index (χ1n) is 7.67. The molecule has 0 saturated heterocycles. The van der Waals surface area contributed by atoms with Crippen LogP contribution < -0.4 is 5.32 Å². The van der Waals surface area contributed by atoms with Crippen molar-refractivity contribution in [3.05, 3.63) is 59.3 Å². The number of amides is 1. The van der Waals surface area contributed by atoms with Gasteiger partial charge >= 0.3 is 0 Å². The molecule has 2 heterocycles. The van der Waals surface area contributed by atoms with E-state index in [0.29, 0.717) is 22.4 Å². The van der Waals surface area contributed by atoms with E-state index in [1.54, 1.807) is 18.7 Å². The number of carbonyl (C=O) groups is 1. The molecule has 1 unspecified atom stereocenters. The first-order valence-corrected chi connectivity index (χ1v) is 8.93. The van der Waals surface area contributed by atoms with Gasteiger partial charge in [-0.05, 0) is 37.6 Å². The van der Waals surface area contributed by atoms with Gasteiger partial charge in [0.1, 0.15) is 12.1 Å². The first kappa shape index (κ1) is 17.6. The van der Waals surface area contributed by atoms with E-state index in [-0.39, 0.29) is 11.2 Å². The summed E-state index contributed by atoms with van der Waals surface area (Å²) >= 11 is 7.50. The summed E-state index contributed by atoms with van der Waals surface area (Å²) in [5.41, 5.74) is 1.55. The molecule has 0 bridgehead atoms. The van der Waals surface area contributed by atoms with E-state index >= 15 is 0 Å². The van der Waals surface area contributed by atoms with E-state index in [1.807, 2.05) is 42.7 Å². The third-order valence-corrected chi connectivity index (χ3v) is 5.02. The number of benzene rings is 1. The molecule has 1 atom stereocenters. The molecule has 0 saturated carbocycles. The number of nitrogens with one attached hydrogen (secondary N) is 1. The van der Waals surface area contributed by atoms with Gasteiger partial charge in [-0.15, -0.1) is 10.2 Å². The van der Waals surface area contributed by atoms with Crippen molar-refractivity contribution < 1.29 is 9.21 Å². The number of furan rings is 1. The summed E-state index contributed by atoms with van der Waals surface area (Å²) in [6.45, 7) is 4.23. The molecule has 3 aromatic rings. The second kappa shape index (κ2) is 7.76. The summed E-state index contributed by atoms with van der Waals surface area (Å²) in [6, 6.07) is 9.21. The molecule has 1 aromatic carbocycles. The van der Waals surface area contributed by atoms with Crippen LogP contribution in [0.5, 0.6) is 0 Å². The summed E-state index contributed by atoms with van der Waals surface area (Å²) in [5.74, 6) is 0.652.